The quantitative estimate of drug-likeness (QED) is 0.639. The van der Waals surface area contributed by atoms with Gasteiger partial charge in [-0.2, -0.15) is 0 Å². The summed E-state index contributed by atoms with van der Waals surface area (Å²) in [5.74, 6) is 0.617. The average Bonchev–Trinajstić information content (AvgIpc) is 2.21. The minimum atomic E-state index is 0.617. The molecule has 0 aromatic carbocycles. The highest BCUT2D eigenvalue weighted by atomic mass is 16.1. The van der Waals surface area contributed by atoms with Gasteiger partial charge in [0.2, 0.25) is 6.41 Å². The number of carbonyl (C=O) groups is 1. The van der Waals surface area contributed by atoms with E-state index in [1.54, 1.807) is 23.5 Å². The van der Waals surface area contributed by atoms with Crippen LogP contribution in [0, 0.1) is 0 Å². The molecule has 0 spiro atoms. The molecule has 0 bridgehead atoms. The minimum absolute atomic E-state index is 0.617. The molecule has 70 valence electrons. The highest BCUT2D eigenvalue weighted by Gasteiger charge is 2.04. The molecule has 1 rings (SSSR count). The summed E-state index contributed by atoms with van der Waals surface area (Å²) in [6, 6.07) is 0. The van der Waals surface area contributed by atoms with Gasteiger partial charge in [-0.25, -0.2) is 4.98 Å². The first kappa shape index (κ1) is 9.64. The molecule has 0 fully saturated rings. The lowest BCUT2D eigenvalue weighted by Gasteiger charge is -2.14. The number of nitrogens with zero attached hydrogens (tertiary/aromatic N) is 3. The van der Waals surface area contributed by atoms with E-state index in [4.69, 9.17) is 0 Å². The van der Waals surface area contributed by atoms with Gasteiger partial charge in [-0.1, -0.05) is 13.3 Å². The average molecular weight is 179 g/mol. The van der Waals surface area contributed by atoms with Crippen molar-refractivity contribution in [2.24, 2.45) is 0 Å². The van der Waals surface area contributed by atoms with Crippen molar-refractivity contribution in [1.29, 1.82) is 0 Å². The number of hydrogen-bond donors (Lipinski definition) is 0. The Balaban J connectivity index is 2.61. The third kappa shape index (κ3) is 2.82. The van der Waals surface area contributed by atoms with Gasteiger partial charge in [0, 0.05) is 18.9 Å². The molecule has 0 unspecified atom stereocenters. The normalized spacial score (nSPS) is 9.62. The van der Waals surface area contributed by atoms with Gasteiger partial charge in [0.05, 0.1) is 6.20 Å². The molecule has 0 saturated carbocycles. The molecule has 1 heterocycles. The third-order valence-corrected chi connectivity index (χ3v) is 1.72. The summed E-state index contributed by atoms with van der Waals surface area (Å²) in [6.07, 6.45) is 7.59. The van der Waals surface area contributed by atoms with E-state index in [0.29, 0.717) is 12.4 Å². The van der Waals surface area contributed by atoms with E-state index in [0.717, 1.165) is 19.3 Å². The minimum Gasteiger partial charge on any atom is -0.298 e. The van der Waals surface area contributed by atoms with E-state index in [2.05, 4.69) is 16.9 Å². The molecule has 4 nitrogen and oxygen atoms in total. The first-order valence-electron chi connectivity index (χ1n) is 4.36. The number of unbranched alkanes of at least 4 members (excludes halogenated alkanes) is 1. The van der Waals surface area contributed by atoms with Crippen LogP contribution in [0.3, 0.4) is 0 Å². The van der Waals surface area contributed by atoms with Crippen molar-refractivity contribution in [3.63, 3.8) is 0 Å². The first-order valence-corrected chi connectivity index (χ1v) is 4.36. The smallest absolute Gasteiger partial charge is 0.215 e. The predicted octanol–water partition coefficient (Wildman–Crippen LogP) is 1.24. The molecular weight excluding hydrogens is 166 g/mol. The zero-order valence-electron chi connectivity index (χ0n) is 7.68. The number of hydrogen-bond acceptors (Lipinski definition) is 3. The number of anilines is 1. The van der Waals surface area contributed by atoms with Gasteiger partial charge in [0.25, 0.3) is 0 Å². The second kappa shape index (κ2) is 5.24. The standard InChI is InChI=1S/C9H13N3O/c1-2-3-6-12(8-13)9-7-10-4-5-11-9/h4-5,7-8H,2-3,6H2,1H3. The van der Waals surface area contributed by atoms with Crippen molar-refractivity contribution in [2.75, 3.05) is 11.4 Å². The summed E-state index contributed by atoms with van der Waals surface area (Å²) in [6.45, 7) is 2.79. The second-order valence-electron chi connectivity index (χ2n) is 2.72. The first-order chi connectivity index (χ1) is 6.38. The summed E-state index contributed by atoms with van der Waals surface area (Å²) in [5, 5.41) is 0. The van der Waals surface area contributed by atoms with Crippen LogP contribution in [0.25, 0.3) is 0 Å². The van der Waals surface area contributed by atoms with Crippen molar-refractivity contribution >= 4 is 12.2 Å². The van der Waals surface area contributed by atoms with Crippen molar-refractivity contribution < 1.29 is 4.79 Å². The highest BCUT2D eigenvalue weighted by Crippen LogP contribution is 2.05. The summed E-state index contributed by atoms with van der Waals surface area (Å²) >= 11 is 0. The Bertz CT molecular complexity index is 250. The van der Waals surface area contributed by atoms with E-state index in [1.807, 2.05) is 0 Å². The maximum Gasteiger partial charge on any atom is 0.215 e. The predicted molar refractivity (Wildman–Crippen MR) is 50.4 cm³/mol. The van der Waals surface area contributed by atoms with Crippen molar-refractivity contribution in [1.82, 2.24) is 9.97 Å². The van der Waals surface area contributed by atoms with Crippen LogP contribution in [0.5, 0.6) is 0 Å². The molecule has 1 aromatic heterocycles. The highest BCUT2D eigenvalue weighted by molar-refractivity contribution is 5.72. The second-order valence-corrected chi connectivity index (χ2v) is 2.72. The summed E-state index contributed by atoms with van der Waals surface area (Å²) in [7, 11) is 0. The molecule has 0 N–H and O–H groups in total. The van der Waals surface area contributed by atoms with Gasteiger partial charge in [0.15, 0.2) is 5.82 Å². The lowest BCUT2D eigenvalue weighted by atomic mass is 10.3. The molecule has 0 atom stereocenters. The van der Waals surface area contributed by atoms with Crippen LogP contribution < -0.4 is 4.90 Å². The Morgan fingerprint density at radius 3 is 2.92 bits per heavy atom. The number of rotatable bonds is 5. The Morgan fingerprint density at radius 1 is 1.54 bits per heavy atom. The zero-order valence-corrected chi connectivity index (χ0v) is 7.68. The Morgan fingerprint density at radius 2 is 2.38 bits per heavy atom. The van der Waals surface area contributed by atoms with Crippen LogP contribution in [0.4, 0.5) is 5.82 Å². The van der Waals surface area contributed by atoms with E-state index in [9.17, 15) is 4.79 Å². The fourth-order valence-electron chi connectivity index (χ4n) is 0.989. The van der Waals surface area contributed by atoms with Gasteiger partial charge in [-0.15, -0.1) is 0 Å². The Kier molecular flexibility index (Phi) is 3.88. The van der Waals surface area contributed by atoms with Gasteiger partial charge in [0.1, 0.15) is 0 Å². The lowest BCUT2D eigenvalue weighted by molar-refractivity contribution is -0.107. The Hall–Kier alpha value is -1.45. The van der Waals surface area contributed by atoms with Crippen LogP contribution >= 0.6 is 0 Å². The molecule has 4 heteroatoms. The van der Waals surface area contributed by atoms with E-state index in [-0.39, 0.29) is 0 Å². The van der Waals surface area contributed by atoms with Gasteiger partial charge >= 0.3 is 0 Å². The summed E-state index contributed by atoms with van der Waals surface area (Å²) < 4.78 is 0. The molecule has 0 aliphatic carbocycles. The summed E-state index contributed by atoms with van der Waals surface area (Å²) in [5.41, 5.74) is 0. The lowest BCUT2D eigenvalue weighted by Crippen LogP contribution is -2.23. The SMILES string of the molecule is CCCCN(C=O)c1cnccn1. The molecule has 0 radical (unpaired) electrons. The maximum absolute atomic E-state index is 10.7. The molecule has 13 heavy (non-hydrogen) atoms. The topological polar surface area (TPSA) is 46.1 Å². The summed E-state index contributed by atoms with van der Waals surface area (Å²) in [4.78, 5) is 20.2. The maximum atomic E-state index is 10.7. The molecule has 1 aromatic rings. The molecule has 0 aliphatic heterocycles. The molecular formula is C9H13N3O. The van der Waals surface area contributed by atoms with Gasteiger partial charge < -0.3 is 0 Å². The zero-order chi connectivity index (χ0) is 9.52. The van der Waals surface area contributed by atoms with Crippen LogP contribution in [0.15, 0.2) is 18.6 Å². The van der Waals surface area contributed by atoms with Crippen molar-refractivity contribution in [3.8, 4) is 0 Å². The van der Waals surface area contributed by atoms with Crippen LogP contribution in [0.2, 0.25) is 0 Å². The Labute approximate surface area is 77.6 Å². The van der Waals surface area contributed by atoms with E-state index in [1.165, 1.54) is 0 Å². The van der Waals surface area contributed by atoms with Crippen molar-refractivity contribution in [3.05, 3.63) is 18.6 Å². The van der Waals surface area contributed by atoms with Gasteiger partial charge in [-0.3, -0.25) is 14.7 Å². The molecule has 1 amide bonds. The van der Waals surface area contributed by atoms with Crippen LogP contribution in [0.1, 0.15) is 19.8 Å². The number of amides is 1. The van der Waals surface area contributed by atoms with Gasteiger partial charge in [-0.05, 0) is 6.42 Å². The molecule has 0 saturated heterocycles. The van der Waals surface area contributed by atoms with E-state index < -0.39 is 0 Å². The van der Waals surface area contributed by atoms with E-state index >= 15 is 0 Å². The third-order valence-electron chi connectivity index (χ3n) is 1.72. The van der Waals surface area contributed by atoms with Crippen LogP contribution in [-0.4, -0.2) is 22.9 Å². The van der Waals surface area contributed by atoms with Crippen molar-refractivity contribution in [2.45, 2.75) is 19.8 Å². The van der Waals surface area contributed by atoms with Crippen LogP contribution in [-0.2, 0) is 4.79 Å². The fraction of sp³-hybridized carbons (Fsp3) is 0.444. The largest absolute Gasteiger partial charge is 0.298 e. The number of aromatic nitrogens is 2. The number of carbonyl (C=O) groups excluding carboxylic acids is 1. The molecule has 0 aliphatic rings. The monoisotopic (exact) mass is 179 g/mol. The fourth-order valence-corrected chi connectivity index (χ4v) is 0.989.